The second-order valence-corrected chi connectivity index (χ2v) is 16.5. The molecular weight excluding hydrogens is 631 g/mol. The topological polar surface area (TPSA) is 204 Å². The van der Waals surface area contributed by atoms with E-state index in [0.717, 1.165) is 30.9 Å². The zero-order valence-electron chi connectivity index (χ0n) is 23.4. The average molecular weight is 655 g/mol. The molecule has 0 aliphatic heterocycles. The van der Waals surface area contributed by atoms with Gasteiger partial charge in [-0.1, -0.05) is 24.3 Å². The highest BCUT2D eigenvalue weighted by molar-refractivity contribution is 8.00. The van der Waals surface area contributed by atoms with Crippen molar-refractivity contribution in [3.63, 3.8) is 0 Å². The van der Waals surface area contributed by atoms with E-state index in [4.69, 9.17) is 5.41 Å². The number of carbonyl (C=O) groups excluding carboxylic acids is 3. The van der Waals surface area contributed by atoms with Gasteiger partial charge >= 0.3 is 0 Å². The minimum Gasteiger partial charge on any atom is -0.287 e. The van der Waals surface area contributed by atoms with E-state index < -0.39 is 58.6 Å². The number of sulfone groups is 3. The highest BCUT2D eigenvalue weighted by Gasteiger charge is 2.36. The fraction of sp³-hybridized carbons (Fsp3) is 0.172. The van der Waals surface area contributed by atoms with Crippen LogP contribution in [0.4, 0.5) is 5.69 Å². The van der Waals surface area contributed by atoms with Gasteiger partial charge in [-0.25, -0.2) is 30.2 Å². The van der Waals surface area contributed by atoms with Crippen molar-refractivity contribution < 1.29 is 45.0 Å². The first-order chi connectivity index (χ1) is 20.4. The molecule has 0 saturated heterocycles. The van der Waals surface area contributed by atoms with E-state index in [0.29, 0.717) is 0 Å². The number of aliphatic imine (C=N–C) groups is 2. The number of nitrogens with zero attached hydrogens (tertiary/aromatic N) is 2. The van der Waals surface area contributed by atoms with Crippen molar-refractivity contribution in [3.8, 4) is 0 Å². The zero-order chi connectivity index (χ0) is 32.4. The molecule has 5 rings (SSSR count). The van der Waals surface area contributed by atoms with Gasteiger partial charge in [0.1, 0.15) is 17.5 Å². The van der Waals surface area contributed by atoms with Crippen LogP contribution in [0.1, 0.15) is 38.3 Å². The molecule has 3 aliphatic carbocycles. The van der Waals surface area contributed by atoms with Crippen LogP contribution in [0.3, 0.4) is 0 Å². The van der Waals surface area contributed by atoms with Gasteiger partial charge < -0.3 is 0 Å². The molecule has 1 atom stereocenters. The van der Waals surface area contributed by atoms with Gasteiger partial charge in [-0.05, 0) is 30.4 Å². The molecule has 2 N–H and O–H groups in total. The second-order valence-electron chi connectivity index (χ2n) is 10.4. The normalized spacial score (nSPS) is 20.8. The molecule has 2 aromatic rings. The largest absolute Gasteiger partial charge is 0.287 e. The van der Waals surface area contributed by atoms with E-state index in [2.05, 4.69) is 9.98 Å². The number of hydrogen-bond acceptors (Lipinski definition) is 11. The van der Waals surface area contributed by atoms with E-state index >= 15 is 0 Å². The van der Waals surface area contributed by atoms with E-state index in [1.54, 1.807) is 0 Å². The maximum Gasteiger partial charge on any atom is 0.250 e. The summed E-state index contributed by atoms with van der Waals surface area (Å²) in [6.07, 6.45) is 7.40. The summed E-state index contributed by atoms with van der Waals surface area (Å²) in [5.41, 5.74) is -0.446. The molecule has 12 nitrogen and oxygen atoms in total. The Morgan fingerprint density at radius 2 is 1.43 bits per heavy atom. The van der Waals surface area contributed by atoms with Crippen LogP contribution in [-0.4, -0.2) is 84.5 Å². The standard InChI is InChI=1S/C29H23N3O9S3/c1-42(36,37)16-12-21(30)29(35)23(13-16)32-24-14-26(44(3,40)41)18-8-7-15(11-20(18)28(24)34)31-22-10-9-17-19(27(22)33)5-4-6-25(17)43(2,38)39/h4-12,14,23,30H,13H2,1-3H3/p+1. The molecule has 0 spiro atoms. The summed E-state index contributed by atoms with van der Waals surface area (Å²) in [6.45, 7) is 0. The molecule has 0 fully saturated rings. The van der Waals surface area contributed by atoms with Gasteiger partial charge in [0, 0.05) is 53.5 Å². The van der Waals surface area contributed by atoms with Crippen molar-refractivity contribution in [3.05, 3.63) is 81.8 Å². The Morgan fingerprint density at radius 3 is 2.07 bits per heavy atom. The summed E-state index contributed by atoms with van der Waals surface area (Å²) < 4.78 is 74.0. The van der Waals surface area contributed by atoms with E-state index in [1.807, 2.05) is 0 Å². The van der Waals surface area contributed by atoms with Crippen LogP contribution < -0.4 is 5.41 Å². The van der Waals surface area contributed by atoms with Crippen molar-refractivity contribution in [1.82, 2.24) is 0 Å². The third-order valence-corrected chi connectivity index (χ3v) is 10.6. The van der Waals surface area contributed by atoms with Gasteiger partial charge in [-0.2, -0.15) is 0 Å². The minimum absolute atomic E-state index is 0.0140. The fourth-order valence-corrected chi connectivity index (χ4v) is 7.57. The van der Waals surface area contributed by atoms with Gasteiger partial charge in [0.05, 0.1) is 20.4 Å². The smallest absolute Gasteiger partial charge is 0.250 e. The lowest BCUT2D eigenvalue weighted by atomic mass is 9.92. The monoisotopic (exact) mass is 654 g/mol. The molecule has 0 aromatic heterocycles. The number of allylic oxidation sites excluding steroid dienone is 3. The summed E-state index contributed by atoms with van der Waals surface area (Å²) in [4.78, 5) is 47.6. The maximum atomic E-state index is 13.6. The van der Waals surface area contributed by atoms with Gasteiger partial charge in [0.2, 0.25) is 17.3 Å². The molecule has 0 radical (unpaired) electrons. The molecule has 0 amide bonds. The molecule has 0 heterocycles. The Bertz CT molecular complexity index is 2240. The lowest BCUT2D eigenvalue weighted by Crippen LogP contribution is -2.49. The van der Waals surface area contributed by atoms with Crippen LogP contribution in [0.2, 0.25) is 0 Å². The van der Waals surface area contributed by atoms with E-state index in [1.165, 1.54) is 48.6 Å². The molecule has 3 aliphatic rings. The Hall–Kier alpha value is -4.47. The first kappa shape index (κ1) is 31.0. The number of rotatable bonds is 5. The number of ketones is 3. The van der Waals surface area contributed by atoms with Crippen molar-refractivity contribution in [2.45, 2.75) is 17.4 Å². The summed E-state index contributed by atoms with van der Waals surface area (Å²) in [6, 6.07) is 6.95. The summed E-state index contributed by atoms with van der Waals surface area (Å²) in [5, 5.41) is 5.73. The predicted octanol–water partition coefficient (Wildman–Crippen LogP) is 0.565. The molecule has 44 heavy (non-hydrogen) atoms. The van der Waals surface area contributed by atoms with Crippen molar-refractivity contribution >= 4 is 80.7 Å². The summed E-state index contributed by atoms with van der Waals surface area (Å²) >= 11 is 0. The molecule has 1 unspecified atom stereocenters. The van der Waals surface area contributed by atoms with E-state index in [9.17, 15) is 39.6 Å². The number of benzene rings is 2. The van der Waals surface area contributed by atoms with Crippen molar-refractivity contribution in [2.24, 2.45) is 9.98 Å². The molecule has 2 aromatic carbocycles. The average Bonchev–Trinajstić information content (AvgIpc) is 2.92. The Morgan fingerprint density at radius 1 is 0.750 bits per heavy atom. The van der Waals surface area contributed by atoms with Crippen LogP contribution in [0, 0.1) is 0 Å². The van der Waals surface area contributed by atoms with E-state index in [-0.39, 0.29) is 60.5 Å². The van der Waals surface area contributed by atoms with Crippen LogP contribution in [-0.2, 0) is 34.3 Å². The number of fused-ring (bicyclic) bond motifs is 2. The SMILES string of the molecule is CS(=O)(=O)C1=CC(=[NH2+])C(=O)C(N=C2C=C(S(C)(=O)=O)c3ccc(N=C4C=Cc5c(cccc5S(C)(=O)=O)C4=O)cc3C2=O)C1. The summed E-state index contributed by atoms with van der Waals surface area (Å²) in [7, 11) is -11.3. The predicted molar refractivity (Wildman–Crippen MR) is 164 cm³/mol. The first-order valence-electron chi connectivity index (χ1n) is 12.8. The third kappa shape index (κ3) is 5.73. The Balaban J connectivity index is 1.58. The number of carbonyl (C=O) groups is 3. The number of Topliss-reactive ketones (excluding diaryl/α,β-unsaturated/α-hetero) is 3. The molecule has 226 valence electrons. The number of nitrogens with two attached hydrogens (primary N) is 1. The third-order valence-electron chi connectivity index (χ3n) is 7.08. The van der Waals surface area contributed by atoms with Crippen LogP contribution in [0.15, 0.2) is 74.4 Å². The van der Waals surface area contributed by atoms with Gasteiger partial charge in [-0.3, -0.25) is 24.8 Å². The first-order valence-corrected chi connectivity index (χ1v) is 18.4. The fourth-order valence-electron chi connectivity index (χ4n) is 4.96. The summed E-state index contributed by atoms with van der Waals surface area (Å²) in [5.74, 6) is -2.04. The Kier molecular flexibility index (Phi) is 7.47. The quantitative estimate of drug-likeness (QED) is 0.478. The number of hydrogen-bond donors (Lipinski definition) is 1. The molecule has 15 heteroatoms. The van der Waals surface area contributed by atoms with Crippen LogP contribution >= 0.6 is 0 Å². The molecule has 0 saturated carbocycles. The highest BCUT2D eigenvalue weighted by atomic mass is 32.2. The van der Waals surface area contributed by atoms with Crippen molar-refractivity contribution in [2.75, 3.05) is 18.8 Å². The van der Waals surface area contributed by atoms with Gasteiger partial charge in [-0.15, -0.1) is 0 Å². The zero-order valence-corrected chi connectivity index (χ0v) is 25.9. The lowest BCUT2D eigenvalue weighted by Gasteiger charge is -2.20. The second kappa shape index (κ2) is 10.6. The Labute approximate surface area is 252 Å². The van der Waals surface area contributed by atoms with Crippen LogP contribution in [0.5, 0.6) is 0 Å². The molecule has 0 bridgehead atoms. The van der Waals surface area contributed by atoms with Crippen molar-refractivity contribution in [1.29, 1.82) is 0 Å². The minimum atomic E-state index is -3.94. The molecular formula is C29H24N3O9S3+. The van der Waals surface area contributed by atoms with Gasteiger partial charge in [0.25, 0.3) is 5.78 Å². The lowest BCUT2D eigenvalue weighted by molar-refractivity contribution is -0.134. The van der Waals surface area contributed by atoms with Gasteiger partial charge in [0.15, 0.2) is 29.5 Å². The highest BCUT2D eigenvalue weighted by Crippen LogP contribution is 2.34. The van der Waals surface area contributed by atoms with Crippen LogP contribution in [0.25, 0.3) is 11.0 Å². The maximum absolute atomic E-state index is 13.6.